The topological polar surface area (TPSA) is 46.3 Å². The summed E-state index contributed by atoms with van der Waals surface area (Å²) in [5.74, 6) is 0.145. The molecule has 0 aliphatic carbocycles. The molecule has 0 radical (unpaired) electrons. The number of carbonyl (C=O) groups is 1. The molecule has 0 aromatic carbocycles. The average Bonchev–Trinajstić information content (AvgIpc) is 2.74. The van der Waals surface area contributed by atoms with E-state index in [1.165, 1.54) is 5.00 Å². The predicted molar refractivity (Wildman–Crippen MR) is 92.5 cm³/mol. The lowest BCUT2D eigenvalue weighted by atomic mass is 10.1. The lowest BCUT2D eigenvalue weighted by Gasteiger charge is -2.23. The molecule has 1 aromatic rings. The van der Waals surface area contributed by atoms with Crippen molar-refractivity contribution in [3.63, 3.8) is 0 Å². The number of thiophene rings is 1. The third-order valence-corrected chi connectivity index (χ3v) is 5.34. The number of thioether (sulfide) groups is 1. The normalized spacial score (nSPS) is 11.1. The fraction of sp³-hybridized carbons (Fsp3) is 0.667. The third kappa shape index (κ3) is 3.70. The van der Waals surface area contributed by atoms with Crippen molar-refractivity contribution in [1.29, 1.82) is 0 Å². The Morgan fingerprint density at radius 2 is 1.85 bits per heavy atom. The van der Waals surface area contributed by atoms with Gasteiger partial charge >= 0.3 is 0 Å². The Morgan fingerprint density at radius 1 is 1.30 bits per heavy atom. The molecule has 1 heterocycles. The Bertz CT molecular complexity index is 449. The summed E-state index contributed by atoms with van der Waals surface area (Å²) in [6.45, 7) is 10.2. The number of nitrogen functional groups attached to an aromatic ring is 1. The Balaban J connectivity index is 3.24. The van der Waals surface area contributed by atoms with E-state index < -0.39 is 0 Å². The van der Waals surface area contributed by atoms with Gasteiger partial charge in [0.05, 0.1) is 15.5 Å². The number of carbonyl (C=O) groups excluding carboxylic acids is 1. The Labute approximate surface area is 130 Å². The second kappa shape index (κ2) is 7.93. The SMILES string of the molecule is CCCN(CCC)c1sc(C(=O)C(C)C)c(N)c1SC. The molecule has 0 atom stereocenters. The Kier molecular flexibility index (Phi) is 6.89. The molecule has 1 rings (SSSR count). The van der Waals surface area contributed by atoms with Crippen LogP contribution in [0.1, 0.15) is 50.2 Å². The molecular weight excluding hydrogens is 288 g/mol. The standard InChI is InChI=1S/C15H26N2OS2/c1-6-8-17(9-7-2)15-14(19-5)11(16)13(20-15)12(18)10(3)4/h10H,6-9,16H2,1-5H3. The van der Waals surface area contributed by atoms with Gasteiger partial charge in [-0.25, -0.2) is 0 Å². The van der Waals surface area contributed by atoms with Crippen LogP contribution in [0.15, 0.2) is 4.90 Å². The first kappa shape index (κ1) is 17.4. The lowest BCUT2D eigenvalue weighted by Crippen LogP contribution is -2.24. The Hall–Kier alpha value is -0.680. The molecule has 20 heavy (non-hydrogen) atoms. The molecule has 0 aliphatic rings. The maximum Gasteiger partial charge on any atom is 0.177 e. The van der Waals surface area contributed by atoms with Gasteiger partial charge < -0.3 is 10.6 Å². The number of anilines is 2. The van der Waals surface area contributed by atoms with Crippen LogP contribution in [-0.4, -0.2) is 25.1 Å². The molecule has 0 aliphatic heterocycles. The number of nitrogens with zero attached hydrogens (tertiary/aromatic N) is 1. The first-order chi connectivity index (χ1) is 9.47. The van der Waals surface area contributed by atoms with Gasteiger partial charge in [0.15, 0.2) is 5.78 Å². The van der Waals surface area contributed by atoms with Gasteiger partial charge in [-0.05, 0) is 19.1 Å². The van der Waals surface area contributed by atoms with Crippen molar-refractivity contribution in [2.24, 2.45) is 5.92 Å². The summed E-state index contributed by atoms with van der Waals surface area (Å²) in [5, 5.41) is 1.17. The number of rotatable bonds is 8. The van der Waals surface area contributed by atoms with Crippen LogP contribution in [0.25, 0.3) is 0 Å². The van der Waals surface area contributed by atoms with Crippen LogP contribution >= 0.6 is 23.1 Å². The zero-order chi connectivity index (χ0) is 15.3. The summed E-state index contributed by atoms with van der Waals surface area (Å²) in [7, 11) is 0. The molecule has 5 heteroatoms. The van der Waals surface area contributed by atoms with Crippen LogP contribution < -0.4 is 10.6 Å². The van der Waals surface area contributed by atoms with E-state index in [2.05, 4.69) is 18.7 Å². The van der Waals surface area contributed by atoms with E-state index in [-0.39, 0.29) is 11.7 Å². The van der Waals surface area contributed by atoms with Crippen LogP contribution in [-0.2, 0) is 0 Å². The highest BCUT2D eigenvalue weighted by molar-refractivity contribution is 7.99. The molecule has 0 amide bonds. The van der Waals surface area contributed by atoms with Gasteiger partial charge in [0, 0.05) is 19.0 Å². The Morgan fingerprint density at radius 3 is 2.25 bits per heavy atom. The minimum atomic E-state index is -0.00990. The molecule has 0 saturated carbocycles. The monoisotopic (exact) mass is 314 g/mol. The van der Waals surface area contributed by atoms with Crippen LogP contribution in [0.4, 0.5) is 10.7 Å². The van der Waals surface area contributed by atoms with Crippen LogP contribution in [0, 0.1) is 5.92 Å². The minimum absolute atomic E-state index is 0.00990. The number of ketones is 1. The van der Waals surface area contributed by atoms with Crippen molar-refractivity contribution < 1.29 is 4.79 Å². The van der Waals surface area contributed by atoms with E-state index in [9.17, 15) is 4.79 Å². The first-order valence-corrected chi connectivity index (χ1v) is 9.27. The highest BCUT2D eigenvalue weighted by Gasteiger charge is 2.24. The van der Waals surface area contributed by atoms with E-state index in [1.54, 1.807) is 23.1 Å². The summed E-state index contributed by atoms with van der Waals surface area (Å²) < 4.78 is 0. The smallest absolute Gasteiger partial charge is 0.177 e. The van der Waals surface area contributed by atoms with Gasteiger partial charge in [0.25, 0.3) is 0 Å². The fourth-order valence-corrected chi connectivity index (χ4v) is 4.44. The van der Waals surface area contributed by atoms with E-state index in [0.29, 0.717) is 5.69 Å². The van der Waals surface area contributed by atoms with Crippen molar-refractivity contribution in [3.05, 3.63) is 4.88 Å². The highest BCUT2D eigenvalue weighted by Crippen LogP contribution is 2.44. The summed E-state index contributed by atoms with van der Waals surface area (Å²) in [6.07, 6.45) is 4.22. The highest BCUT2D eigenvalue weighted by atomic mass is 32.2. The quantitative estimate of drug-likeness (QED) is 0.566. The molecule has 2 N–H and O–H groups in total. The van der Waals surface area contributed by atoms with Gasteiger partial charge in [0.1, 0.15) is 5.00 Å². The molecule has 114 valence electrons. The zero-order valence-corrected chi connectivity index (χ0v) is 14.8. The van der Waals surface area contributed by atoms with Gasteiger partial charge in [-0.1, -0.05) is 27.7 Å². The second-order valence-corrected chi connectivity index (χ2v) is 7.00. The average molecular weight is 315 g/mol. The van der Waals surface area contributed by atoms with Gasteiger partial charge in [-0.3, -0.25) is 4.79 Å². The zero-order valence-electron chi connectivity index (χ0n) is 13.2. The maximum absolute atomic E-state index is 12.3. The molecule has 3 nitrogen and oxygen atoms in total. The summed E-state index contributed by atoms with van der Waals surface area (Å²) in [6, 6.07) is 0. The molecule has 0 bridgehead atoms. The van der Waals surface area contributed by atoms with E-state index in [0.717, 1.165) is 35.7 Å². The van der Waals surface area contributed by atoms with Crippen molar-refractivity contribution in [1.82, 2.24) is 0 Å². The van der Waals surface area contributed by atoms with Gasteiger partial charge in [-0.2, -0.15) is 0 Å². The molecule has 0 fully saturated rings. The fourth-order valence-electron chi connectivity index (χ4n) is 2.12. The number of hydrogen-bond donors (Lipinski definition) is 1. The second-order valence-electron chi connectivity index (χ2n) is 5.19. The summed E-state index contributed by atoms with van der Waals surface area (Å²) in [4.78, 5) is 16.5. The third-order valence-electron chi connectivity index (χ3n) is 3.11. The van der Waals surface area contributed by atoms with Crippen molar-refractivity contribution in [2.75, 3.05) is 30.0 Å². The number of Topliss-reactive ketones (excluding diaryl/α,β-unsaturated/α-hetero) is 1. The summed E-state index contributed by atoms with van der Waals surface area (Å²) in [5.41, 5.74) is 6.90. The van der Waals surface area contributed by atoms with Crippen LogP contribution in [0.2, 0.25) is 0 Å². The van der Waals surface area contributed by atoms with E-state index >= 15 is 0 Å². The van der Waals surface area contributed by atoms with Crippen molar-refractivity contribution >= 4 is 39.6 Å². The van der Waals surface area contributed by atoms with Gasteiger partial charge in [-0.15, -0.1) is 23.1 Å². The molecule has 0 saturated heterocycles. The first-order valence-electron chi connectivity index (χ1n) is 7.23. The molecular formula is C15H26N2OS2. The van der Waals surface area contributed by atoms with Crippen LogP contribution in [0.5, 0.6) is 0 Å². The summed E-state index contributed by atoms with van der Waals surface area (Å²) >= 11 is 3.21. The molecule has 0 unspecified atom stereocenters. The lowest BCUT2D eigenvalue weighted by molar-refractivity contribution is 0.0944. The van der Waals surface area contributed by atoms with E-state index in [4.69, 9.17) is 5.73 Å². The van der Waals surface area contributed by atoms with Crippen molar-refractivity contribution in [3.8, 4) is 0 Å². The predicted octanol–water partition coefficient (Wildman–Crippen LogP) is 4.52. The van der Waals surface area contributed by atoms with Crippen molar-refractivity contribution in [2.45, 2.75) is 45.4 Å². The van der Waals surface area contributed by atoms with Crippen LogP contribution in [0.3, 0.4) is 0 Å². The maximum atomic E-state index is 12.3. The largest absolute Gasteiger partial charge is 0.396 e. The molecule has 0 spiro atoms. The molecule has 1 aromatic heterocycles. The number of hydrogen-bond acceptors (Lipinski definition) is 5. The minimum Gasteiger partial charge on any atom is -0.396 e. The van der Waals surface area contributed by atoms with Gasteiger partial charge in [0.2, 0.25) is 0 Å². The van der Waals surface area contributed by atoms with E-state index in [1.807, 2.05) is 20.1 Å². The number of nitrogens with two attached hydrogens (primary N) is 1.